The lowest BCUT2D eigenvalue weighted by atomic mass is 9.80. The zero-order valence-corrected chi connectivity index (χ0v) is 18.8. The lowest BCUT2D eigenvalue weighted by Crippen LogP contribution is -2.33. The molecule has 1 saturated heterocycles. The third-order valence-corrected chi connectivity index (χ3v) is 7.25. The van der Waals surface area contributed by atoms with Crippen LogP contribution in [-0.2, 0) is 6.42 Å². The van der Waals surface area contributed by atoms with E-state index >= 15 is 0 Å². The first-order chi connectivity index (χ1) is 13.2. The van der Waals surface area contributed by atoms with Crippen LogP contribution in [0.5, 0.6) is 5.75 Å². The van der Waals surface area contributed by atoms with Gasteiger partial charge in [-0.15, -0.1) is 0 Å². The number of anilines is 1. The van der Waals surface area contributed by atoms with Crippen LogP contribution in [0.15, 0.2) is 18.2 Å². The number of ether oxygens (including phenoxy) is 1. The Balaban J connectivity index is 1.59. The molecule has 2 nitrogen and oxygen atoms in total. The first-order valence-corrected chi connectivity index (χ1v) is 10.9. The van der Waals surface area contributed by atoms with Gasteiger partial charge in [-0.25, -0.2) is 0 Å². The van der Waals surface area contributed by atoms with E-state index in [0.717, 1.165) is 35.8 Å². The second-order valence-corrected chi connectivity index (χ2v) is 9.74. The van der Waals surface area contributed by atoms with Gasteiger partial charge in [0, 0.05) is 35.8 Å². The van der Waals surface area contributed by atoms with Gasteiger partial charge in [-0.05, 0) is 106 Å². The molecule has 28 heavy (non-hydrogen) atoms. The summed E-state index contributed by atoms with van der Waals surface area (Å²) in [6.45, 7) is 15.5. The molecule has 0 amide bonds. The summed E-state index contributed by atoms with van der Waals surface area (Å²) in [5.41, 5.74) is 9.66. The monoisotopic (exact) mass is 397 g/mol. The molecular formula is C25H32ClNO. The van der Waals surface area contributed by atoms with Crippen molar-refractivity contribution < 1.29 is 4.74 Å². The molecule has 2 aliphatic rings. The number of rotatable bonds is 2. The minimum absolute atomic E-state index is 0.0846. The summed E-state index contributed by atoms with van der Waals surface area (Å²) < 4.78 is 6.31. The highest BCUT2D eigenvalue weighted by molar-refractivity contribution is 6.31. The van der Waals surface area contributed by atoms with Gasteiger partial charge < -0.3 is 9.64 Å². The summed E-state index contributed by atoms with van der Waals surface area (Å²) in [6.07, 6.45) is 3.42. The molecule has 0 N–H and O–H groups in total. The zero-order chi connectivity index (χ0) is 20.2. The second-order valence-electron chi connectivity index (χ2n) is 9.33. The molecule has 2 heterocycles. The number of fused-ring (bicyclic) bond motifs is 1. The van der Waals surface area contributed by atoms with Crippen molar-refractivity contribution in [2.45, 2.75) is 72.3 Å². The van der Waals surface area contributed by atoms with Gasteiger partial charge in [-0.3, -0.25) is 0 Å². The van der Waals surface area contributed by atoms with Gasteiger partial charge in [-0.2, -0.15) is 0 Å². The Morgan fingerprint density at radius 3 is 2.32 bits per heavy atom. The van der Waals surface area contributed by atoms with Crippen molar-refractivity contribution in [3.8, 4) is 5.75 Å². The molecule has 2 aromatic rings. The van der Waals surface area contributed by atoms with Gasteiger partial charge in [-0.1, -0.05) is 11.6 Å². The summed E-state index contributed by atoms with van der Waals surface area (Å²) in [6, 6.07) is 6.40. The van der Waals surface area contributed by atoms with Crippen LogP contribution in [0.25, 0.3) is 0 Å². The summed E-state index contributed by atoms with van der Waals surface area (Å²) >= 11 is 6.21. The standard InChI is InChI=1S/C25H32ClNO/c1-15-13-20(7-8-22(15)26)27-11-9-19(10-12-27)23-16(2)17(3)24-21(18(23)4)14-25(5,6)28-24/h7-8,13,19H,9-12,14H2,1-6H3. The van der Waals surface area contributed by atoms with Crippen LogP contribution < -0.4 is 9.64 Å². The molecule has 2 aliphatic heterocycles. The van der Waals surface area contributed by atoms with E-state index < -0.39 is 0 Å². The first kappa shape index (κ1) is 19.6. The molecule has 0 spiro atoms. The molecule has 0 aromatic heterocycles. The summed E-state index contributed by atoms with van der Waals surface area (Å²) in [7, 11) is 0. The fourth-order valence-corrected chi connectivity index (χ4v) is 5.28. The highest BCUT2D eigenvalue weighted by Gasteiger charge is 2.35. The van der Waals surface area contributed by atoms with Crippen LogP contribution in [0.1, 0.15) is 66.0 Å². The minimum atomic E-state index is -0.0846. The van der Waals surface area contributed by atoms with E-state index in [2.05, 4.69) is 58.6 Å². The van der Waals surface area contributed by atoms with E-state index in [9.17, 15) is 0 Å². The summed E-state index contributed by atoms with van der Waals surface area (Å²) in [4.78, 5) is 2.51. The van der Waals surface area contributed by atoms with E-state index in [0.29, 0.717) is 5.92 Å². The molecule has 0 bridgehead atoms. The van der Waals surface area contributed by atoms with Crippen molar-refractivity contribution in [1.82, 2.24) is 0 Å². The third kappa shape index (κ3) is 3.30. The molecule has 0 radical (unpaired) electrons. The number of aryl methyl sites for hydroxylation is 1. The molecule has 0 saturated carbocycles. The average Bonchev–Trinajstić information content (AvgIpc) is 2.99. The van der Waals surface area contributed by atoms with Crippen molar-refractivity contribution in [2.24, 2.45) is 0 Å². The Morgan fingerprint density at radius 2 is 1.68 bits per heavy atom. The average molecular weight is 398 g/mol. The zero-order valence-electron chi connectivity index (χ0n) is 18.1. The van der Waals surface area contributed by atoms with Gasteiger partial charge in [0.25, 0.3) is 0 Å². The maximum absolute atomic E-state index is 6.31. The maximum atomic E-state index is 6.31. The van der Waals surface area contributed by atoms with E-state index in [1.165, 1.54) is 40.8 Å². The van der Waals surface area contributed by atoms with Crippen LogP contribution in [0, 0.1) is 27.7 Å². The Morgan fingerprint density at radius 1 is 1.00 bits per heavy atom. The number of piperidine rings is 1. The third-order valence-electron chi connectivity index (χ3n) is 6.83. The predicted octanol–water partition coefficient (Wildman–Crippen LogP) is 6.67. The molecule has 0 aliphatic carbocycles. The Bertz CT molecular complexity index is 923. The molecule has 2 aromatic carbocycles. The van der Waals surface area contributed by atoms with Crippen LogP contribution in [-0.4, -0.2) is 18.7 Å². The topological polar surface area (TPSA) is 12.5 Å². The molecule has 150 valence electrons. The van der Waals surface area contributed by atoms with Crippen molar-refractivity contribution in [3.63, 3.8) is 0 Å². The van der Waals surface area contributed by atoms with Crippen molar-refractivity contribution in [3.05, 3.63) is 56.6 Å². The van der Waals surface area contributed by atoms with Crippen molar-refractivity contribution >= 4 is 17.3 Å². The lowest BCUT2D eigenvalue weighted by Gasteiger charge is -2.36. The Hall–Kier alpha value is -1.67. The van der Waals surface area contributed by atoms with E-state index in [-0.39, 0.29) is 5.60 Å². The highest BCUT2D eigenvalue weighted by atomic mass is 35.5. The van der Waals surface area contributed by atoms with Crippen LogP contribution in [0.2, 0.25) is 5.02 Å². The Labute approximate surface area is 174 Å². The fraction of sp³-hybridized carbons (Fsp3) is 0.520. The smallest absolute Gasteiger partial charge is 0.126 e. The minimum Gasteiger partial charge on any atom is -0.487 e. The number of halogens is 1. The first-order valence-electron chi connectivity index (χ1n) is 10.5. The van der Waals surface area contributed by atoms with Gasteiger partial charge in [0.15, 0.2) is 0 Å². The van der Waals surface area contributed by atoms with Gasteiger partial charge in [0.2, 0.25) is 0 Å². The summed E-state index contributed by atoms with van der Waals surface area (Å²) in [5.74, 6) is 1.79. The molecule has 3 heteroatoms. The van der Waals surface area contributed by atoms with E-state index in [1.807, 2.05) is 6.07 Å². The van der Waals surface area contributed by atoms with Crippen molar-refractivity contribution in [2.75, 3.05) is 18.0 Å². The predicted molar refractivity (Wildman–Crippen MR) is 119 cm³/mol. The van der Waals surface area contributed by atoms with Crippen LogP contribution in [0.3, 0.4) is 0 Å². The number of nitrogens with zero attached hydrogens (tertiary/aromatic N) is 1. The van der Waals surface area contributed by atoms with Crippen LogP contribution >= 0.6 is 11.6 Å². The van der Waals surface area contributed by atoms with E-state index in [1.54, 1.807) is 5.56 Å². The number of hydrogen-bond donors (Lipinski definition) is 0. The Kier molecular flexibility index (Phi) is 4.90. The lowest BCUT2D eigenvalue weighted by molar-refractivity contribution is 0.137. The maximum Gasteiger partial charge on any atom is 0.126 e. The molecular weight excluding hydrogens is 366 g/mol. The van der Waals surface area contributed by atoms with Crippen LogP contribution in [0.4, 0.5) is 5.69 Å². The second kappa shape index (κ2) is 6.99. The van der Waals surface area contributed by atoms with Gasteiger partial charge in [0.05, 0.1) is 0 Å². The molecule has 4 rings (SSSR count). The SMILES string of the molecule is Cc1cc(N2CCC(c3c(C)c(C)c4c(c3C)CC(C)(C)O4)CC2)ccc1Cl. The molecule has 0 unspecified atom stereocenters. The largest absolute Gasteiger partial charge is 0.487 e. The summed E-state index contributed by atoms with van der Waals surface area (Å²) in [5, 5.41) is 0.851. The number of benzene rings is 2. The fourth-order valence-electron chi connectivity index (χ4n) is 5.17. The van der Waals surface area contributed by atoms with Gasteiger partial charge >= 0.3 is 0 Å². The molecule has 1 fully saturated rings. The normalized spacial score (nSPS) is 18.9. The van der Waals surface area contributed by atoms with Gasteiger partial charge in [0.1, 0.15) is 11.4 Å². The number of hydrogen-bond acceptors (Lipinski definition) is 2. The quantitative estimate of drug-likeness (QED) is 0.560. The highest BCUT2D eigenvalue weighted by Crippen LogP contribution is 2.46. The van der Waals surface area contributed by atoms with Crippen molar-refractivity contribution in [1.29, 1.82) is 0 Å². The van der Waals surface area contributed by atoms with E-state index in [4.69, 9.17) is 16.3 Å². The molecule has 0 atom stereocenters.